The van der Waals surface area contributed by atoms with E-state index in [0.717, 1.165) is 4.31 Å². The van der Waals surface area contributed by atoms with E-state index in [1.54, 1.807) is 18.2 Å². The van der Waals surface area contributed by atoms with Crippen LogP contribution in [0.3, 0.4) is 0 Å². The second-order valence-electron chi connectivity index (χ2n) is 5.58. The molecule has 1 saturated heterocycles. The van der Waals surface area contributed by atoms with Crippen molar-refractivity contribution in [1.82, 2.24) is 4.31 Å². The van der Waals surface area contributed by atoms with E-state index in [-0.39, 0.29) is 22.4 Å². The first-order chi connectivity index (χ1) is 10.0. The highest BCUT2D eigenvalue weighted by Crippen LogP contribution is 2.38. The molecule has 0 saturated carbocycles. The van der Waals surface area contributed by atoms with Crippen LogP contribution in [0.15, 0.2) is 29.2 Å². The van der Waals surface area contributed by atoms with Crippen LogP contribution < -0.4 is 0 Å². The Balaban J connectivity index is 1.95. The minimum atomic E-state index is -3.73. The number of amides is 1. The number of hydrogen-bond acceptors (Lipinski definition) is 5. The number of nitrogens with zero attached hydrogens (tertiary/aromatic N) is 1. The van der Waals surface area contributed by atoms with Crippen molar-refractivity contribution in [3.05, 3.63) is 29.8 Å². The number of sulfonamides is 1. The molecule has 0 N–H and O–H groups in total. The largest absolute Gasteiger partial charge is 0.381 e. The van der Waals surface area contributed by atoms with Gasteiger partial charge in [-0.2, -0.15) is 12.6 Å². The topological polar surface area (TPSA) is 63.7 Å². The van der Waals surface area contributed by atoms with E-state index in [9.17, 15) is 13.2 Å². The molecule has 0 spiro atoms. The fourth-order valence-electron chi connectivity index (χ4n) is 2.86. The number of fused-ring (bicyclic) bond motifs is 1. The van der Waals surface area contributed by atoms with Crippen LogP contribution in [0, 0.1) is 5.41 Å². The number of hydrogen-bond donors (Lipinski definition) is 1. The zero-order chi connectivity index (χ0) is 15.1. The molecule has 2 aliphatic rings. The van der Waals surface area contributed by atoms with Crippen LogP contribution in [0.25, 0.3) is 0 Å². The SMILES string of the molecule is O=C1c2ccccc2S(=O)(=O)N1CC1(CS)CCOCC1. The molecule has 1 aromatic rings. The molecular weight excluding hydrogens is 310 g/mol. The van der Waals surface area contributed by atoms with Gasteiger partial charge < -0.3 is 4.74 Å². The van der Waals surface area contributed by atoms with E-state index in [1.807, 2.05) is 0 Å². The van der Waals surface area contributed by atoms with E-state index in [2.05, 4.69) is 12.6 Å². The normalized spacial score (nSPS) is 23.1. The lowest BCUT2D eigenvalue weighted by molar-refractivity contribution is 0.0181. The molecule has 114 valence electrons. The minimum absolute atomic E-state index is 0.108. The summed E-state index contributed by atoms with van der Waals surface area (Å²) in [4.78, 5) is 12.5. The maximum absolute atomic E-state index is 12.6. The summed E-state index contributed by atoms with van der Waals surface area (Å²) in [6, 6.07) is 6.36. The Morgan fingerprint density at radius 1 is 1.24 bits per heavy atom. The van der Waals surface area contributed by atoms with Crippen molar-refractivity contribution in [2.24, 2.45) is 5.41 Å². The van der Waals surface area contributed by atoms with Gasteiger partial charge in [0.1, 0.15) is 4.90 Å². The summed E-state index contributed by atoms with van der Waals surface area (Å²) >= 11 is 4.38. The van der Waals surface area contributed by atoms with Gasteiger partial charge in [-0.1, -0.05) is 12.1 Å². The van der Waals surface area contributed by atoms with E-state index >= 15 is 0 Å². The number of benzene rings is 1. The molecule has 0 aliphatic carbocycles. The summed E-state index contributed by atoms with van der Waals surface area (Å²) in [6.07, 6.45) is 1.43. The van der Waals surface area contributed by atoms with Crippen molar-refractivity contribution in [3.8, 4) is 0 Å². The molecule has 0 unspecified atom stereocenters. The molecule has 1 aromatic carbocycles. The number of thiol groups is 1. The van der Waals surface area contributed by atoms with Gasteiger partial charge in [-0.15, -0.1) is 0 Å². The van der Waals surface area contributed by atoms with Crippen LogP contribution in [-0.4, -0.2) is 44.1 Å². The Kier molecular flexibility index (Phi) is 3.75. The third-order valence-electron chi connectivity index (χ3n) is 4.28. The van der Waals surface area contributed by atoms with E-state index in [1.165, 1.54) is 6.07 Å². The lowest BCUT2D eigenvalue weighted by Crippen LogP contribution is -2.45. The first-order valence-electron chi connectivity index (χ1n) is 6.85. The lowest BCUT2D eigenvalue weighted by Gasteiger charge is -2.38. The Bertz CT molecular complexity index is 665. The van der Waals surface area contributed by atoms with Gasteiger partial charge in [0.15, 0.2) is 0 Å². The van der Waals surface area contributed by atoms with Crippen LogP contribution in [0.1, 0.15) is 23.2 Å². The number of carbonyl (C=O) groups is 1. The molecule has 2 heterocycles. The van der Waals surface area contributed by atoms with Crippen molar-refractivity contribution in [1.29, 1.82) is 0 Å². The molecule has 0 atom stereocenters. The second-order valence-corrected chi connectivity index (χ2v) is 7.73. The van der Waals surface area contributed by atoms with Crippen LogP contribution in [-0.2, 0) is 14.8 Å². The van der Waals surface area contributed by atoms with Crippen molar-refractivity contribution in [2.45, 2.75) is 17.7 Å². The Morgan fingerprint density at radius 3 is 2.52 bits per heavy atom. The van der Waals surface area contributed by atoms with Crippen LogP contribution in [0.2, 0.25) is 0 Å². The van der Waals surface area contributed by atoms with Gasteiger partial charge in [0.2, 0.25) is 0 Å². The fraction of sp³-hybridized carbons (Fsp3) is 0.500. The second kappa shape index (κ2) is 5.30. The van der Waals surface area contributed by atoms with Gasteiger partial charge in [-0.3, -0.25) is 4.79 Å². The van der Waals surface area contributed by atoms with Crippen molar-refractivity contribution >= 4 is 28.6 Å². The molecular formula is C14H17NO4S2. The standard InChI is InChI=1S/C14H17NO4S2/c16-13-11-3-1-2-4-12(11)21(17,18)15(13)9-14(10-20)5-7-19-8-6-14/h1-4,20H,5-10H2. The molecule has 5 nitrogen and oxygen atoms in total. The minimum Gasteiger partial charge on any atom is -0.381 e. The monoisotopic (exact) mass is 327 g/mol. The fourth-order valence-corrected chi connectivity index (χ4v) is 4.96. The molecule has 3 rings (SSSR count). The highest BCUT2D eigenvalue weighted by Gasteiger charge is 2.45. The summed E-state index contributed by atoms with van der Waals surface area (Å²) in [5, 5.41) is 0. The molecule has 2 aliphatic heterocycles. The first kappa shape index (κ1) is 14.9. The zero-order valence-corrected chi connectivity index (χ0v) is 13.2. The van der Waals surface area contributed by atoms with Crippen LogP contribution in [0.5, 0.6) is 0 Å². The van der Waals surface area contributed by atoms with Crippen molar-refractivity contribution < 1.29 is 17.9 Å². The third-order valence-corrected chi connectivity index (χ3v) is 6.74. The summed E-state index contributed by atoms with van der Waals surface area (Å²) in [5.41, 5.74) is -0.0366. The van der Waals surface area contributed by atoms with Gasteiger partial charge in [0, 0.05) is 25.2 Å². The molecule has 1 fully saturated rings. The van der Waals surface area contributed by atoms with Gasteiger partial charge in [-0.05, 0) is 30.7 Å². The van der Waals surface area contributed by atoms with Crippen LogP contribution in [0.4, 0.5) is 0 Å². The summed E-state index contributed by atoms with van der Waals surface area (Å²) in [7, 11) is -3.73. The highest BCUT2D eigenvalue weighted by atomic mass is 32.2. The number of rotatable bonds is 3. The molecule has 0 bridgehead atoms. The maximum Gasteiger partial charge on any atom is 0.269 e. The van der Waals surface area contributed by atoms with E-state index in [0.29, 0.717) is 31.8 Å². The predicted octanol–water partition coefficient (Wildman–Crippen LogP) is 1.56. The van der Waals surface area contributed by atoms with E-state index < -0.39 is 15.9 Å². The molecule has 0 aromatic heterocycles. The Hall–Kier alpha value is -1.05. The summed E-state index contributed by atoms with van der Waals surface area (Å²) in [6.45, 7) is 1.33. The lowest BCUT2D eigenvalue weighted by atomic mass is 9.82. The van der Waals surface area contributed by atoms with Gasteiger partial charge in [0.25, 0.3) is 15.9 Å². The third kappa shape index (κ3) is 2.37. The van der Waals surface area contributed by atoms with Crippen molar-refractivity contribution in [2.75, 3.05) is 25.5 Å². The average molecular weight is 327 g/mol. The molecule has 1 amide bonds. The summed E-state index contributed by atoms with van der Waals surface area (Å²) < 4.78 is 31.5. The van der Waals surface area contributed by atoms with Gasteiger partial charge >= 0.3 is 0 Å². The van der Waals surface area contributed by atoms with Gasteiger partial charge in [-0.25, -0.2) is 12.7 Å². The van der Waals surface area contributed by atoms with Gasteiger partial charge in [0.05, 0.1) is 5.56 Å². The van der Waals surface area contributed by atoms with Crippen molar-refractivity contribution in [3.63, 3.8) is 0 Å². The number of ether oxygens (including phenoxy) is 1. The first-order valence-corrected chi connectivity index (χ1v) is 8.92. The molecule has 0 radical (unpaired) electrons. The Labute approximate surface area is 129 Å². The van der Waals surface area contributed by atoms with Crippen LogP contribution >= 0.6 is 12.6 Å². The zero-order valence-electron chi connectivity index (χ0n) is 11.5. The molecule has 7 heteroatoms. The van der Waals surface area contributed by atoms with E-state index in [4.69, 9.17) is 4.74 Å². The summed E-state index contributed by atoms with van der Waals surface area (Å²) in [5.74, 6) is 0.102. The number of carbonyl (C=O) groups excluding carboxylic acids is 1. The predicted molar refractivity (Wildman–Crippen MR) is 81.0 cm³/mol. The quantitative estimate of drug-likeness (QED) is 0.856. The molecule has 21 heavy (non-hydrogen) atoms. The maximum atomic E-state index is 12.6. The highest BCUT2D eigenvalue weighted by molar-refractivity contribution is 7.90. The Morgan fingerprint density at radius 2 is 1.90 bits per heavy atom. The average Bonchev–Trinajstić information content (AvgIpc) is 2.70. The smallest absolute Gasteiger partial charge is 0.269 e.